The van der Waals surface area contributed by atoms with Crippen molar-refractivity contribution in [3.05, 3.63) is 59.5 Å². The highest BCUT2D eigenvalue weighted by atomic mass is 35.5. The van der Waals surface area contributed by atoms with Gasteiger partial charge in [0.05, 0.1) is 0 Å². The molecule has 2 nitrogen and oxygen atoms in total. The van der Waals surface area contributed by atoms with Crippen molar-refractivity contribution >= 4 is 17.2 Å². The molecular formula is C11H8ClNO. The summed E-state index contributed by atoms with van der Waals surface area (Å²) in [5.41, 5.74) is 1.72. The fourth-order valence-electron chi connectivity index (χ4n) is 1.13. The topological polar surface area (TPSA) is 26.0 Å². The fourth-order valence-corrected chi connectivity index (χ4v) is 1.26. The Morgan fingerprint density at radius 3 is 2.64 bits per heavy atom. The monoisotopic (exact) mass is 205 g/mol. The Morgan fingerprint density at radius 2 is 1.86 bits per heavy atom. The standard InChI is InChI=1S/C11H8ClNO/c12-11-8-10(13-14-11)9-6-4-2-1-3-5-7-9/h1-8H. The lowest BCUT2D eigenvalue weighted by atomic mass is 10.1. The van der Waals surface area contributed by atoms with Crippen molar-refractivity contribution in [2.75, 3.05) is 0 Å². The second-order valence-corrected chi connectivity index (χ2v) is 3.14. The van der Waals surface area contributed by atoms with Gasteiger partial charge in [0.25, 0.3) is 0 Å². The summed E-state index contributed by atoms with van der Waals surface area (Å²) in [6, 6.07) is 1.69. The van der Waals surface area contributed by atoms with Gasteiger partial charge in [0.1, 0.15) is 5.69 Å². The van der Waals surface area contributed by atoms with E-state index in [1.165, 1.54) is 0 Å². The molecule has 0 N–H and O–H groups in total. The minimum atomic E-state index is 0.302. The third-order valence-corrected chi connectivity index (χ3v) is 1.95. The Balaban J connectivity index is 2.34. The van der Waals surface area contributed by atoms with Gasteiger partial charge in [-0.2, -0.15) is 0 Å². The molecule has 0 amide bonds. The van der Waals surface area contributed by atoms with Gasteiger partial charge < -0.3 is 4.52 Å². The fraction of sp³-hybridized carbons (Fsp3) is 0. The predicted octanol–water partition coefficient (Wildman–Crippen LogP) is 3.39. The molecule has 70 valence electrons. The van der Waals surface area contributed by atoms with Gasteiger partial charge in [0.2, 0.25) is 5.22 Å². The van der Waals surface area contributed by atoms with Gasteiger partial charge in [-0.05, 0) is 11.6 Å². The van der Waals surface area contributed by atoms with E-state index in [0.29, 0.717) is 5.22 Å². The quantitative estimate of drug-likeness (QED) is 0.703. The van der Waals surface area contributed by atoms with Crippen LogP contribution in [0.1, 0.15) is 5.69 Å². The highest BCUT2D eigenvalue weighted by Gasteiger charge is 2.04. The molecule has 0 fully saturated rings. The van der Waals surface area contributed by atoms with Crippen LogP contribution < -0.4 is 0 Å². The number of halogens is 1. The molecule has 3 heteroatoms. The van der Waals surface area contributed by atoms with E-state index in [1.807, 2.05) is 42.5 Å². The van der Waals surface area contributed by atoms with Gasteiger partial charge in [-0.1, -0.05) is 47.7 Å². The van der Waals surface area contributed by atoms with E-state index in [0.717, 1.165) is 11.3 Å². The normalized spacial score (nSPS) is 15.1. The maximum atomic E-state index is 5.64. The zero-order valence-electron chi connectivity index (χ0n) is 7.35. The molecule has 0 bridgehead atoms. The minimum absolute atomic E-state index is 0.302. The van der Waals surface area contributed by atoms with Crippen molar-refractivity contribution in [1.82, 2.24) is 5.16 Å². The van der Waals surface area contributed by atoms with Crippen molar-refractivity contribution in [1.29, 1.82) is 0 Å². The molecule has 0 saturated heterocycles. The molecule has 0 unspecified atom stereocenters. The molecule has 0 aliphatic heterocycles. The molecular weight excluding hydrogens is 198 g/mol. The summed E-state index contributed by atoms with van der Waals surface area (Å²) < 4.78 is 4.79. The van der Waals surface area contributed by atoms with Crippen LogP contribution in [0.2, 0.25) is 5.22 Å². The van der Waals surface area contributed by atoms with E-state index in [4.69, 9.17) is 16.1 Å². The Bertz CT molecular complexity index is 438. The molecule has 14 heavy (non-hydrogen) atoms. The lowest BCUT2D eigenvalue weighted by Gasteiger charge is -1.94. The molecule has 1 aliphatic rings. The van der Waals surface area contributed by atoms with Crippen molar-refractivity contribution in [3.8, 4) is 0 Å². The van der Waals surface area contributed by atoms with Crippen LogP contribution in [0.25, 0.3) is 5.57 Å². The maximum Gasteiger partial charge on any atom is 0.226 e. The molecule has 0 saturated carbocycles. The Morgan fingerprint density at radius 1 is 1.07 bits per heavy atom. The summed E-state index contributed by atoms with van der Waals surface area (Å²) in [6.45, 7) is 0. The molecule has 2 rings (SSSR count). The van der Waals surface area contributed by atoms with Gasteiger partial charge in [-0.15, -0.1) is 0 Å². The molecule has 1 aromatic heterocycles. The van der Waals surface area contributed by atoms with E-state index < -0.39 is 0 Å². The highest BCUT2D eigenvalue weighted by Crippen LogP contribution is 2.19. The van der Waals surface area contributed by atoms with Crippen LogP contribution in [-0.2, 0) is 0 Å². The van der Waals surface area contributed by atoms with Crippen LogP contribution in [0.15, 0.2) is 53.1 Å². The zero-order valence-corrected chi connectivity index (χ0v) is 8.11. The SMILES string of the molecule is Clc1cc(C2=CC=CC=CC=C2)no1. The minimum Gasteiger partial charge on any atom is -0.344 e. The molecule has 0 atom stereocenters. The average molecular weight is 206 g/mol. The number of rotatable bonds is 1. The van der Waals surface area contributed by atoms with Gasteiger partial charge in [0.15, 0.2) is 0 Å². The molecule has 0 spiro atoms. The lowest BCUT2D eigenvalue weighted by Crippen LogP contribution is -1.79. The number of hydrogen-bond acceptors (Lipinski definition) is 2. The molecule has 1 aromatic rings. The van der Waals surface area contributed by atoms with Crippen LogP contribution in [0, 0.1) is 0 Å². The Hall–Kier alpha value is -1.54. The summed E-state index contributed by atoms with van der Waals surface area (Å²) in [5, 5.41) is 4.13. The number of aromatic nitrogens is 1. The Labute approximate surface area is 86.9 Å². The van der Waals surface area contributed by atoms with E-state index in [2.05, 4.69) is 5.16 Å². The first kappa shape index (κ1) is 9.03. The molecule has 0 aromatic carbocycles. The second kappa shape index (κ2) is 4.11. The average Bonchev–Trinajstić information content (AvgIpc) is 2.51. The second-order valence-electron chi connectivity index (χ2n) is 2.77. The van der Waals surface area contributed by atoms with Gasteiger partial charge in [-0.25, -0.2) is 0 Å². The smallest absolute Gasteiger partial charge is 0.226 e. The lowest BCUT2D eigenvalue weighted by molar-refractivity contribution is 0.420. The van der Waals surface area contributed by atoms with Crippen LogP contribution in [0.3, 0.4) is 0 Å². The van der Waals surface area contributed by atoms with Crippen LogP contribution in [0.5, 0.6) is 0 Å². The first-order valence-electron chi connectivity index (χ1n) is 4.20. The number of allylic oxidation sites excluding steroid dienone is 8. The number of hydrogen-bond donors (Lipinski definition) is 0. The first-order valence-corrected chi connectivity index (χ1v) is 4.58. The summed E-state index contributed by atoms with van der Waals surface area (Å²) in [4.78, 5) is 0. The van der Waals surface area contributed by atoms with E-state index in [-0.39, 0.29) is 0 Å². The predicted molar refractivity (Wildman–Crippen MR) is 56.9 cm³/mol. The zero-order chi connectivity index (χ0) is 9.80. The summed E-state index contributed by atoms with van der Waals surface area (Å²) in [6.07, 6.45) is 13.6. The third kappa shape index (κ3) is 2.03. The van der Waals surface area contributed by atoms with Gasteiger partial charge in [0, 0.05) is 11.6 Å². The largest absolute Gasteiger partial charge is 0.344 e. The third-order valence-electron chi connectivity index (χ3n) is 1.77. The van der Waals surface area contributed by atoms with E-state index in [1.54, 1.807) is 6.07 Å². The van der Waals surface area contributed by atoms with Crippen molar-refractivity contribution < 1.29 is 4.52 Å². The van der Waals surface area contributed by atoms with E-state index in [9.17, 15) is 0 Å². The molecule has 1 heterocycles. The van der Waals surface area contributed by atoms with Crippen molar-refractivity contribution in [2.45, 2.75) is 0 Å². The first-order chi connectivity index (χ1) is 6.86. The van der Waals surface area contributed by atoms with Gasteiger partial charge in [-0.3, -0.25) is 0 Å². The van der Waals surface area contributed by atoms with Crippen LogP contribution in [-0.4, -0.2) is 5.16 Å². The van der Waals surface area contributed by atoms with E-state index >= 15 is 0 Å². The number of nitrogens with zero attached hydrogens (tertiary/aromatic N) is 1. The summed E-state index contributed by atoms with van der Waals surface area (Å²) in [7, 11) is 0. The van der Waals surface area contributed by atoms with Crippen LogP contribution >= 0.6 is 11.6 Å². The Kier molecular flexibility index (Phi) is 2.65. The molecule has 1 aliphatic carbocycles. The van der Waals surface area contributed by atoms with Gasteiger partial charge >= 0.3 is 0 Å². The summed E-state index contributed by atoms with van der Waals surface area (Å²) >= 11 is 5.64. The van der Waals surface area contributed by atoms with Crippen LogP contribution in [0.4, 0.5) is 0 Å². The van der Waals surface area contributed by atoms with Crippen molar-refractivity contribution in [2.24, 2.45) is 0 Å². The highest BCUT2D eigenvalue weighted by molar-refractivity contribution is 6.28. The van der Waals surface area contributed by atoms with Crippen molar-refractivity contribution in [3.63, 3.8) is 0 Å². The summed E-state index contributed by atoms with van der Waals surface area (Å²) in [5.74, 6) is 0. The molecule has 0 radical (unpaired) electrons. The maximum absolute atomic E-state index is 5.64.